The van der Waals surface area contributed by atoms with E-state index < -0.39 is 5.91 Å². The number of rotatable bonds is 4. The van der Waals surface area contributed by atoms with Gasteiger partial charge in [-0.2, -0.15) is 4.98 Å². The van der Waals surface area contributed by atoms with E-state index in [1.807, 2.05) is 6.92 Å². The second-order valence-electron chi connectivity index (χ2n) is 3.45. The van der Waals surface area contributed by atoms with Crippen molar-refractivity contribution in [3.05, 3.63) is 30.1 Å². The van der Waals surface area contributed by atoms with Crippen molar-refractivity contribution in [2.75, 3.05) is 17.7 Å². The third kappa shape index (κ3) is 2.76. The molecule has 1 aromatic heterocycles. The lowest BCUT2D eigenvalue weighted by molar-refractivity contribution is 0.101. The van der Waals surface area contributed by atoms with Gasteiger partial charge < -0.3 is 15.8 Å². The molecule has 0 saturated carbocycles. The first-order chi connectivity index (χ1) is 8.69. The lowest BCUT2D eigenvalue weighted by Crippen LogP contribution is -2.13. The van der Waals surface area contributed by atoms with Crippen LogP contribution in [0.5, 0.6) is 5.75 Å². The maximum atomic E-state index is 11.7. The molecule has 94 valence electrons. The van der Waals surface area contributed by atoms with E-state index in [9.17, 15) is 4.79 Å². The van der Waals surface area contributed by atoms with Gasteiger partial charge in [0.05, 0.1) is 6.61 Å². The molecule has 7 heteroatoms. The Balaban J connectivity index is 2.03. The van der Waals surface area contributed by atoms with Crippen LogP contribution in [0.15, 0.2) is 24.3 Å². The second-order valence-corrected chi connectivity index (χ2v) is 3.45. The Labute approximate surface area is 103 Å². The number of aromatic amines is 1. The van der Waals surface area contributed by atoms with E-state index >= 15 is 0 Å². The van der Waals surface area contributed by atoms with Gasteiger partial charge in [0.2, 0.25) is 11.8 Å². The number of carbonyl (C=O) groups excluding carboxylic acids is 1. The number of hydrogen-bond donors (Lipinski definition) is 3. The summed E-state index contributed by atoms with van der Waals surface area (Å²) in [5.41, 5.74) is 5.95. The van der Waals surface area contributed by atoms with Crippen LogP contribution < -0.4 is 15.8 Å². The van der Waals surface area contributed by atoms with Crippen molar-refractivity contribution in [1.82, 2.24) is 15.2 Å². The Hall–Kier alpha value is -2.57. The SMILES string of the molecule is CCOc1ccc(NC(=O)c2nc(N)n[nH]2)cc1. The van der Waals surface area contributed by atoms with Gasteiger partial charge in [-0.25, -0.2) is 0 Å². The highest BCUT2D eigenvalue weighted by Crippen LogP contribution is 2.15. The van der Waals surface area contributed by atoms with Gasteiger partial charge in [-0.3, -0.25) is 9.89 Å². The molecule has 0 aliphatic heterocycles. The predicted molar refractivity (Wildman–Crippen MR) is 66.4 cm³/mol. The maximum absolute atomic E-state index is 11.7. The highest BCUT2D eigenvalue weighted by molar-refractivity contribution is 6.01. The summed E-state index contributed by atoms with van der Waals surface area (Å²) in [6.45, 7) is 2.51. The lowest BCUT2D eigenvalue weighted by atomic mass is 10.3. The van der Waals surface area contributed by atoms with E-state index in [-0.39, 0.29) is 11.8 Å². The Morgan fingerprint density at radius 1 is 1.44 bits per heavy atom. The van der Waals surface area contributed by atoms with Crippen molar-refractivity contribution >= 4 is 17.5 Å². The standard InChI is InChI=1S/C11H13N5O2/c1-2-18-8-5-3-7(4-6-8)13-10(17)9-14-11(12)16-15-9/h3-6H,2H2,1H3,(H,13,17)(H3,12,14,15,16). The summed E-state index contributed by atoms with van der Waals surface area (Å²) in [6.07, 6.45) is 0. The largest absolute Gasteiger partial charge is 0.494 e. The minimum absolute atomic E-state index is 0.0341. The highest BCUT2D eigenvalue weighted by Gasteiger charge is 2.10. The summed E-state index contributed by atoms with van der Waals surface area (Å²) in [5, 5.41) is 8.67. The Morgan fingerprint density at radius 2 is 2.17 bits per heavy atom. The number of amides is 1. The van der Waals surface area contributed by atoms with Crippen LogP contribution in [-0.2, 0) is 0 Å². The summed E-state index contributed by atoms with van der Waals surface area (Å²) in [6, 6.07) is 7.02. The van der Waals surface area contributed by atoms with Crippen molar-refractivity contribution in [2.45, 2.75) is 6.92 Å². The quantitative estimate of drug-likeness (QED) is 0.748. The van der Waals surface area contributed by atoms with Crippen molar-refractivity contribution in [2.24, 2.45) is 0 Å². The number of aromatic nitrogens is 3. The van der Waals surface area contributed by atoms with Crippen LogP contribution >= 0.6 is 0 Å². The number of ether oxygens (including phenoxy) is 1. The van der Waals surface area contributed by atoms with Crippen molar-refractivity contribution in [1.29, 1.82) is 0 Å². The molecule has 0 fully saturated rings. The topological polar surface area (TPSA) is 106 Å². The first kappa shape index (κ1) is 11.9. The number of nitrogen functional groups attached to an aromatic ring is 1. The van der Waals surface area contributed by atoms with Crippen molar-refractivity contribution < 1.29 is 9.53 Å². The molecule has 0 aliphatic carbocycles. The van der Waals surface area contributed by atoms with Crippen LogP contribution in [0.25, 0.3) is 0 Å². The highest BCUT2D eigenvalue weighted by atomic mass is 16.5. The van der Waals surface area contributed by atoms with Gasteiger partial charge >= 0.3 is 0 Å². The van der Waals surface area contributed by atoms with E-state index in [1.54, 1.807) is 24.3 Å². The molecular formula is C11H13N5O2. The zero-order chi connectivity index (χ0) is 13.0. The number of nitrogens with two attached hydrogens (primary N) is 1. The molecule has 1 aromatic carbocycles. The molecule has 0 spiro atoms. The third-order valence-electron chi connectivity index (χ3n) is 2.14. The zero-order valence-corrected chi connectivity index (χ0v) is 9.80. The molecule has 0 bridgehead atoms. The molecule has 0 aliphatic rings. The molecule has 0 atom stereocenters. The van der Waals surface area contributed by atoms with Gasteiger partial charge in [0.15, 0.2) is 0 Å². The van der Waals surface area contributed by atoms with Crippen LogP contribution in [0.3, 0.4) is 0 Å². The number of anilines is 2. The van der Waals surface area contributed by atoms with Crippen LogP contribution in [0.2, 0.25) is 0 Å². The summed E-state index contributed by atoms with van der Waals surface area (Å²) in [5.74, 6) is 0.455. The van der Waals surface area contributed by atoms with E-state index in [4.69, 9.17) is 10.5 Å². The van der Waals surface area contributed by atoms with Crippen LogP contribution in [-0.4, -0.2) is 27.7 Å². The molecule has 18 heavy (non-hydrogen) atoms. The fraction of sp³-hybridized carbons (Fsp3) is 0.182. The summed E-state index contributed by atoms with van der Waals surface area (Å²) in [7, 11) is 0. The smallest absolute Gasteiger partial charge is 0.293 e. The van der Waals surface area contributed by atoms with Crippen LogP contribution in [0.4, 0.5) is 11.6 Å². The Bertz CT molecular complexity index is 535. The maximum Gasteiger partial charge on any atom is 0.293 e. The molecule has 7 nitrogen and oxygen atoms in total. The monoisotopic (exact) mass is 247 g/mol. The van der Waals surface area contributed by atoms with Crippen LogP contribution in [0.1, 0.15) is 17.5 Å². The first-order valence-electron chi connectivity index (χ1n) is 5.41. The third-order valence-corrected chi connectivity index (χ3v) is 2.14. The van der Waals surface area contributed by atoms with Gasteiger partial charge in [-0.1, -0.05) is 0 Å². The fourth-order valence-electron chi connectivity index (χ4n) is 1.37. The number of H-pyrrole nitrogens is 1. The number of carbonyl (C=O) groups is 1. The average molecular weight is 247 g/mol. The van der Waals surface area contributed by atoms with E-state index in [1.165, 1.54) is 0 Å². The summed E-state index contributed by atoms with van der Waals surface area (Å²) >= 11 is 0. The molecule has 1 amide bonds. The van der Waals surface area contributed by atoms with E-state index in [0.29, 0.717) is 12.3 Å². The summed E-state index contributed by atoms with van der Waals surface area (Å²) in [4.78, 5) is 15.4. The Morgan fingerprint density at radius 3 is 2.72 bits per heavy atom. The fourth-order valence-corrected chi connectivity index (χ4v) is 1.37. The van der Waals surface area contributed by atoms with Gasteiger partial charge in [0.1, 0.15) is 5.75 Å². The number of benzene rings is 1. The molecular weight excluding hydrogens is 234 g/mol. The first-order valence-corrected chi connectivity index (χ1v) is 5.41. The molecule has 2 rings (SSSR count). The normalized spacial score (nSPS) is 10.1. The van der Waals surface area contributed by atoms with Gasteiger partial charge in [0, 0.05) is 5.69 Å². The Kier molecular flexibility index (Phi) is 3.42. The van der Waals surface area contributed by atoms with Gasteiger partial charge in [-0.15, -0.1) is 5.10 Å². The van der Waals surface area contributed by atoms with Crippen LogP contribution in [0, 0.1) is 0 Å². The molecule has 2 aromatic rings. The van der Waals surface area contributed by atoms with Gasteiger partial charge in [0.25, 0.3) is 5.91 Å². The average Bonchev–Trinajstić information content (AvgIpc) is 2.79. The van der Waals surface area contributed by atoms with Crippen molar-refractivity contribution in [3.8, 4) is 5.75 Å². The molecule has 4 N–H and O–H groups in total. The van der Waals surface area contributed by atoms with Crippen molar-refractivity contribution in [3.63, 3.8) is 0 Å². The zero-order valence-electron chi connectivity index (χ0n) is 9.80. The van der Waals surface area contributed by atoms with E-state index in [0.717, 1.165) is 5.75 Å². The minimum Gasteiger partial charge on any atom is -0.494 e. The second kappa shape index (κ2) is 5.17. The number of nitrogens with one attached hydrogen (secondary N) is 2. The minimum atomic E-state index is -0.400. The lowest BCUT2D eigenvalue weighted by Gasteiger charge is -2.05. The number of hydrogen-bond acceptors (Lipinski definition) is 5. The molecule has 0 unspecified atom stereocenters. The van der Waals surface area contributed by atoms with E-state index in [2.05, 4.69) is 20.5 Å². The molecule has 0 radical (unpaired) electrons. The predicted octanol–water partition coefficient (Wildman–Crippen LogP) is 1.04. The molecule has 0 saturated heterocycles. The summed E-state index contributed by atoms with van der Waals surface area (Å²) < 4.78 is 5.30. The number of nitrogens with zero attached hydrogens (tertiary/aromatic N) is 2. The molecule has 1 heterocycles. The van der Waals surface area contributed by atoms with Gasteiger partial charge in [-0.05, 0) is 31.2 Å².